The lowest BCUT2D eigenvalue weighted by Gasteiger charge is -2.23. The van der Waals surface area contributed by atoms with Crippen molar-refractivity contribution in [1.82, 2.24) is 104 Å². The minimum atomic E-state index is -4.85. The first-order valence-electron chi connectivity index (χ1n) is 46.0. The maximum Gasteiger partial charge on any atom is 0.419 e. The van der Waals surface area contributed by atoms with Gasteiger partial charge in [0.1, 0.15) is 23.3 Å². The average molecular weight is 1970 g/mol. The summed E-state index contributed by atoms with van der Waals surface area (Å²) < 4.78 is 93.2. The number of halogens is 8. The highest BCUT2D eigenvalue weighted by atomic mass is 35.5. The predicted octanol–water partition coefficient (Wildman–Crippen LogP) is 12.4. The molecule has 4 aliphatic heterocycles. The van der Waals surface area contributed by atoms with Crippen LogP contribution in [0.15, 0.2) is 231 Å². The van der Waals surface area contributed by atoms with Crippen LogP contribution in [0.1, 0.15) is 163 Å². The summed E-state index contributed by atoms with van der Waals surface area (Å²) in [7, 11) is 0. The minimum Gasteiger partial charge on any atom is -0.382 e. The summed E-state index contributed by atoms with van der Waals surface area (Å²) in [6.45, 7) is 6.48. The first-order chi connectivity index (χ1) is 69.0. The number of benzene rings is 9. The van der Waals surface area contributed by atoms with Crippen molar-refractivity contribution in [3.63, 3.8) is 0 Å². The lowest BCUT2D eigenvalue weighted by atomic mass is 9.99. The summed E-state index contributed by atoms with van der Waals surface area (Å²) in [5.74, 6) is -6.42. The van der Waals surface area contributed by atoms with Crippen molar-refractivity contribution in [3.8, 4) is 56.2 Å². The number of alkyl halides is 3. The van der Waals surface area contributed by atoms with E-state index in [1.807, 2.05) is 42.5 Å². The van der Waals surface area contributed by atoms with E-state index in [9.17, 15) is 69.1 Å². The summed E-state index contributed by atoms with van der Waals surface area (Å²) in [6, 6.07) is 54.7. The molecule has 0 unspecified atom stereocenters. The number of nitrogen functional groups attached to an aromatic ring is 4. The summed E-state index contributed by atoms with van der Waals surface area (Å²) in [4.78, 5) is 136. The van der Waals surface area contributed by atoms with E-state index >= 15 is 0 Å². The zero-order chi connectivity index (χ0) is 101. The number of aromatic nitrogens is 8. The van der Waals surface area contributed by atoms with E-state index in [1.54, 1.807) is 84.9 Å². The molecule has 0 radical (unpaired) electrons. The number of amides is 8. The maximum absolute atomic E-state index is 14.0. The van der Waals surface area contributed by atoms with Crippen molar-refractivity contribution in [1.29, 1.82) is 0 Å². The standard InChI is InChI=1S/C30H30N6O2.C25H24F4N6O2.C24H24ClFN6O2.C24H24F2N6O2/c31-28-27(30(38)35-24-13-7-15-32-18-24)36-26(19-33-28)21-11-6-12-22(16-21)29(37)34-17-23-10-4-5-14-25(23)20-8-2-1-3-9-20;26-19-7-6-14(9-18(19)25(27,28)29)11-33-23(36)16-4-1-3-15(10-16)20-13-32-22(30)21(35-20)24(37)34-17-5-2-8-31-12-17;2*25-17-7-6-16(19(26)10-17)11-30-23(33)15-4-1-3-14(9-15)20-13-29-22(27)21(32-20)24(34)31-18-5-2-8-28-12-18/h1-6,8-12,14,16,19,24,32H,7,13,15,17-18H2,(H2,31,33)(H,34,37)(H,35,38);1,3-4,6-7,9-10,13,17,31H,2,5,8,11-12H2,(H2,30,32)(H,33,36)(H,34,37);2*1,3-4,6-7,9-10,13,18,28H,2,5,8,11-12H2,(H2,27,29)(H,30,33)(H,31,34)/t24-;17-;2*18-/m0000/s1. The van der Waals surface area contributed by atoms with Crippen LogP contribution in [0, 0.1) is 23.3 Å². The van der Waals surface area contributed by atoms with Crippen LogP contribution in [0.5, 0.6) is 0 Å². The number of carbonyl (C=O) groups excluding carboxylic acids is 8. The van der Waals surface area contributed by atoms with Gasteiger partial charge in [0, 0.05) is 143 Å². The maximum atomic E-state index is 14.0. The highest BCUT2D eigenvalue weighted by Crippen LogP contribution is 2.34. The molecule has 0 aliphatic carbocycles. The van der Waals surface area contributed by atoms with Gasteiger partial charge in [-0.3, -0.25) is 38.4 Å². The van der Waals surface area contributed by atoms with Gasteiger partial charge >= 0.3 is 6.18 Å². The molecule has 9 aromatic carbocycles. The predicted molar refractivity (Wildman–Crippen MR) is 527 cm³/mol. The first-order valence-corrected chi connectivity index (χ1v) is 46.4. The number of piperidine rings is 4. The highest BCUT2D eigenvalue weighted by Gasteiger charge is 2.35. The molecule has 143 heavy (non-hydrogen) atoms. The van der Waals surface area contributed by atoms with E-state index in [0.717, 1.165) is 106 Å². The SMILES string of the molecule is Nc1ncc(-c2cccc(C(=O)NCc3ccc(Cl)cc3F)c2)nc1C(=O)N[C@H]1CCCNC1.Nc1ncc(-c2cccc(C(=O)NCc3ccc(F)c(C(F)(F)F)c3)c2)nc1C(=O)N[C@H]1CCCNC1.Nc1ncc(-c2cccc(C(=O)NCc3ccc(F)cc3F)c2)nc1C(=O)N[C@H]1CCCNC1.Nc1ncc(-c2cccc(C(=O)NCc3ccccc3-c3ccccc3)c2)nc1C(=O)N[C@H]1CCCNC1. The molecular formula is C103H102ClF7N24O8. The van der Waals surface area contributed by atoms with E-state index in [-0.39, 0.29) is 135 Å². The molecule has 4 fully saturated rings. The molecule has 738 valence electrons. The largest absolute Gasteiger partial charge is 0.419 e. The number of nitrogens with one attached hydrogen (secondary N) is 12. The molecule has 4 aromatic heterocycles. The normalized spacial score (nSPS) is 15.4. The average Bonchev–Trinajstić information content (AvgIpc) is 0.817. The van der Waals surface area contributed by atoms with Crippen LogP contribution in [0.4, 0.5) is 54.0 Å². The minimum absolute atomic E-state index is 0.00334. The van der Waals surface area contributed by atoms with E-state index in [4.69, 9.17) is 34.5 Å². The van der Waals surface area contributed by atoms with Gasteiger partial charge in [-0.15, -0.1) is 0 Å². The molecule has 4 saturated heterocycles. The summed E-state index contributed by atoms with van der Waals surface area (Å²) in [6.07, 6.45) is 8.29. The Balaban J connectivity index is 0.000000151. The summed E-state index contributed by atoms with van der Waals surface area (Å²) in [5, 5.41) is 35.8. The molecule has 40 heteroatoms. The smallest absolute Gasteiger partial charge is 0.382 e. The highest BCUT2D eigenvalue weighted by molar-refractivity contribution is 6.30. The number of nitrogens with zero attached hydrogens (tertiary/aromatic N) is 8. The van der Waals surface area contributed by atoms with Gasteiger partial charge in [0.2, 0.25) is 0 Å². The third-order valence-electron chi connectivity index (χ3n) is 23.5. The van der Waals surface area contributed by atoms with E-state index in [2.05, 4.69) is 122 Å². The van der Waals surface area contributed by atoms with Crippen LogP contribution in [-0.2, 0) is 32.4 Å². The van der Waals surface area contributed by atoms with Crippen LogP contribution in [0.25, 0.3) is 56.2 Å². The second-order valence-corrected chi connectivity index (χ2v) is 34.3. The van der Waals surface area contributed by atoms with E-state index < -0.39 is 58.6 Å². The third-order valence-corrected chi connectivity index (χ3v) is 23.7. The lowest BCUT2D eigenvalue weighted by molar-refractivity contribution is -0.140. The topological polar surface area (TPSA) is 488 Å². The van der Waals surface area contributed by atoms with Crippen molar-refractivity contribution in [3.05, 3.63) is 332 Å². The fourth-order valence-electron chi connectivity index (χ4n) is 15.9. The Bertz CT molecular complexity index is 6580. The monoisotopic (exact) mass is 1970 g/mol. The second kappa shape index (κ2) is 49.2. The zero-order valence-corrected chi connectivity index (χ0v) is 77.8. The van der Waals surface area contributed by atoms with Gasteiger partial charge in [0.25, 0.3) is 47.3 Å². The molecule has 32 nitrogen and oxygen atoms in total. The molecule has 0 spiro atoms. The molecule has 0 bridgehead atoms. The van der Waals surface area contributed by atoms with Gasteiger partial charge in [-0.2, -0.15) is 13.2 Å². The van der Waals surface area contributed by atoms with Crippen LogP contribution >= 0.6 is 11.6 Å². The molecule has 20 N–H and O–H groups in total. The second-order valence-electron chi connectivity index (χ2n) is 33.9. The number of carbonyl (C=O) groups is 8. The lowest BCUT2D eigenvalue weighted by Crippen LogP contribution is -2.46. The zero-order valence-electron chi connectivity index (χ0n) is 77.1. The van der Waals surface area contributed by atoms with E-state index in [0.29, 0.717) is 112 Å². The van der Waals surface area contributed by atoms with Crippen molar-refractivity contribution >= 4 is 82.1 Å². The Hall–Kier alpha value is -16.1. The molecule has 13 aromatic rings. The Morgan fingerprint density at radius 2 is 0.664 bits per heavy atom. The van der Waals surface area contributed by atoms with Crippen molar-refractivity contribution in [2.75, 3.05) is 75.3 Å². The van der Waals surface area contributed by atoms with Crippen LogP contribution < -0.4 is 86.7 Å². The van der Waals surface area contributed by atoms with Gasteiger partial charge in [-0.25, -0.2) is 57.4 Å². The molecular weight excluding hydrogens is 1870 g/mol. The van der Waals surface area contributed by atoms with Gasteiger partial charge < -0.3 is 86.7 Å². The first kappa shape index (κ1) is 103. The molecule has 8 heterocycles. The number of rotatable bonds is 25. The summed E-state index contributed by atoms with van der Waals surface area (Å²) in [5.41, 5.74) is 31.4. The number of hydrogen-bond acceptors (Lipinski definition) is 24. The van der Waals surface area contributed by atoms with E-state index in [1.165, 1.54) is 61.2 Å². The van der Waals surface area contributed by atoms with Gasteiger partial charge in [0.05, 0.1) is 53.1 Å². The van der Waals surface area contributed by atoms with Gasteiger partial charge in [-0.1, -0.05) is 133 Å². The molecule has 4 aliphatic rings. The quantitative estimate of drug-likeness (QED) is 0.0236. The van der Waals surface area contributed by atoms with Crippen LogP contribution in [0.2, 0.25) is 5.02 Å². The molecule has 8 amide bonds. The number of nitrogens with two attached hydrogens (primary N) is 4. The molecule has 4 atom stereocenters. The Morgan fingerprint density at radius 3 is 1.01 bits per heavy atom. The summed E-state index contributed by atoms with van der Waals surface area (Å²) >= 11 is 5.77. The third kappa shape index (κ3) is 28.6. The van der Waals surface area contributed by atoms with Crippen molar-refractivity contribution in [2.45, 2.75) is 108 Å². The fourth-order valence-corrected chi connectivity index (χ4v) is 16.1. The number of anilines is 4. The van der Waals surface area contributed by atoms with Crippen LogP contribution in [-0.4, -0.2) is 164 Å². The Morgan fingerprint density at radius 1 is 0.336 bits per heavy atom. The molecule has 0 saturated carbocycles. The molecule has 17 rings (SSSR count). The fraction of sp³-hybridized carbons (Fsp3) is 0.243. The van der Waals surface area contributed by atoms with Crippen LogP contribution in [0.3, 0.4) is 0 Å². The number of hydrogen-bond donors (Lipinski definition) is 16. The van der Waals surface area contributed by atoms with Crippen molar-refractivity contribution in [2.24, 2.45) is 0 Å². The Kier molecular flexibility index (Phi) is 35.3. The van der Waals surface area contributed by atoms with Gasteiger partial charge in [0.15, 0.2) is 46.0 Å². The van der Waals surface area contributed by atoms with Gasteiger partial charge in [-0.05, 0) is 179 Å². The van der Waals surface area contributed by atoms with Crippen molar-refractivity contribution < 1.29 is 69.1 Å². The Labute approximate surface area is 822 Å².